The fraction of sp³-hybridized carbons (Fsp3) is 0.0833. The zero-order chi connectivity index (χ0) is 22.1. The zero-order valence-electron chi connectivity index (χ0n) is 16.6. The molecule has 1 saturated heterocycles. The van der Waals surface area contributed by atoms with Crippen LogP contribution in [0.15, 0.2) is 76.1 Å². The van der Waals surface area contributed by atoms with Crippen LogP contribution in [-0.4, -0.2) is 17.0 Å². The molecule has 1 amide bonds. The van der Waals surface area contributed by atoms with Gasteiger partial charge >= 0.3 is 0 Å². The van der Waals surface area contributed by atoms with E-state index in [-0.39, 0.29) is 12.7 Å². The number of anilines is 1. The molecule has 0 aliphatic carbocycles. The monoisotopic (exact) mass is 525 g/mol. The summed E-state index contributed by atoms with van der Waals surface area (Å²) >= 11 is 10.3. The maximum Gasteiger partial charge on any atom is 0.270 e. The molecule has 3 aromatic rings. The number of rotatable bonds is 5. The quantitative estimate of drug-likeness (QED) is 0.293. The number of hydrogen-bond acceptors (Lipinski definition) is 6. The van der Waals surface area contributed by atoms with Gasteiger partial charge < -0.3 is 14.2 Å². The molecule has 8 heteroatoms. The zero-order valence-corrected chi connectivity index (χ0v) is 19.8. The van der Waals surface area contributed by atoms with E-state index in [0.717, 1.165) is 15.6 Å². The Kier molecular flexibility index (Phi) is 5.91. The summed E-state index contributed by atoms with van der Waals surface area (Å²) in [6, 6.07) is 21.0. The van der Waals surface area contributed by atoms with E-state index < -0.39 is 0 Å². The van der Waals surface area contributed by atoms with Crippen LogP contribution in [0, 0.1) is 0 Å². The van der Waals surface area contributed by atoms with Gasteiger partial charge in [0, 0.05) is 16.1 Å². The number of fused-ring (bicyclic) bond motifs is 1. The van der Waals surface area contributed by atoms with Crippen molar-refractivity contribution < 1.29 is 19.0 Å². The lowest BCUT2D eigenvalue weighted by molar-refractivity contribution is -0.113. The van der Waals surface area contributed by atoms with Gasteiger partial charge in [-0.05, 0) is 42.0 Å². The van der Waals surface area contributed by atoms with Gasteiger partial charge in [0.05, 0.1) is 10.6 Å². The number of benzene rings is 3. The van der Waals surface area contributed by atoms with Crippen molar-refractivity contribution >= 4 is 61.9 Å². The Hall–Kier alpha value is -2.81. The number of amides is 1. The molecule has 0 spiro atoms. The summed E-state index contributed by atoms with van der Waals surface area (Å²) < 4.78 is 18.2. The molecule has 2 aliphatic heterocycles. The molecule has 0 N–H and O–H groups in total. The Bertz CT molecular complexity index is 1250. The van der Waals surface area contributed by atoms with E-state index in [2.05, 4.69) is 15.9 Å². The molecule has 3 aromatic carbocycles. The molecule has 0 bridgehead atoms. The second-order valence-electron chi connectivity index (χ2n) is 7.01. The van der Waals surface area contributed by atoms with Gasteiger partial charge in [0.1, 0.15) is 12.4 Å². The molecule has 0 aromatic heterocycles. The van der Waals surface area contributed by atoms with Crippen molar-refractivity contribution in [2.75, 3.05) is 11.7 Å². The molecule has 0 atom stereocenters. The first-order chi connectivity index (χ1) is 15.6. The van der Waals surface area contributed by atoms with E-state index in [1.807, 2.05) is 54.6 Å². The number of thiocarbonyl (C=S) groups is 1. The van der Waals surface area contributed by atoms with Crippen molar-refractivity contribution in [3.8, 4) is 17.2 Å². The second-order valence-corrected chi connectivity index (χ2v) is 9.60. The third-order valence-electron chi connectivity index (χ3n) is 4.90. The topological polar surface area (TPSA) is 48.0 Å². The van der Waals surface area contributed by atoms with Crippen LogP contribution in [0.5, 0.6) is 17.2 Å². The lowest BCUT2D eigenvalue weighted by Gasteiger charge is -2.15. The third-order valence-corrected chi connectivity index (χ3v) is 6.70. The number of thioether (sulfide) groups is 1. The summed E-state index contributed by atoms with van der Waals surface area (Å²) in [5.41, 5.74) is 2.51. The number of hydrogen-bond donors (Lipinski definition) is 0. The van der Waals surface area contributed by atoms with Gasteiger partial charge in [-0.2, -0.15) is 0 Å². The number of ether oxygens (including phenoxy) is 3. The largest absolute Gasteiger partial charge is 0.488 e. The van der Waals surface area contributed by atoms with Crippen molar-refractivity contribution in [2.45, 2.75) is 6.61 Å². The Morgan fingerprint density at radius 3 is 2.72 bits per heavy atom. The molecule has 0 saturated carbocycles. The SMILES string of the molecule is O=C1/C(=C/c2cc(Br)ccc2OCc2ccccc2)SC(=S)N1c1ccc2c(c1)OCO2. The Labute approximate surface area is 203 Å². The molecule has 5 rings (SSSR count). The Balaban J connectivity index is 1.42. The fourth-order valence-corrected chi connectivity index (χ4v) is 5.02. The molecule has 0 unspecified atom stereocenters. The van der Waals surface area contributed by atoms with Gasteiger partial charge in [-0.1, -0.05) is 70.2 Å². The van der Waals surface area contributed by atoms with Crippen LogP contribution in [0.3, 0.4) is 0 Å². The number of nitrogens with zero attached hydrogens (tertiary/aromatic N) is 1. The summed E-state index contributed by atoms with van der Waals surface area (Å²) in [7, 11) is 0. The normalized spacial score (nSPS) is 16.2. The first-order valence-electron chi connectivity index (χ1n) is 9.72. The number of carbonyl (C=O) groups is 1. The van der Waals surface area contributed by atoms with Crippen LogP contribution in [0.2, 0.25) is 0 Å². The molecular formula is C24H16BrNO4S2. The van der Waals surface area contributed by atoms with Crippen molar-refractivity contribution in [2.24, 2.45) is 0 Å². The lowest BCUT2D eigenvalue weighted by Crippen LogP contribution is -2.27. The molecule has 5 nitrogen and oxygen atoms in total. The summed E-state index contributed by atoms with van der Waals surface area (Å²) in [6.45, 7) is 0.604. The van der Waals surface area contributed by atoms with Gasteiger partial charge in [0.2, 0.25) is 6.79 Å². The smallest absolute Gasteiger partial charge is 0.270 e. The lowest BCUT2D eigenvalue weighted by atomic mass is 10.1. The molecular weight excluding hydrogens is 510 g/mol. The summed E-state index contributed by atoms with van der Waals surface area (Å²) in [5, 5.41) is 0. The highest BCUT2D eigenvalue weighted by molar-refractivity contribution is 9.10. The fourth-order valence-electron chi connectivity index (χ4n) is 3.35. The molecule has 2 aliphatic rings. The average molecular weight is 526 g/mol. The Morgan fingerprint density at radius 2 is 1.88 bits per heavy atom. The van der Waals surface area contributed by atoms with Crippen molar-refractivity contribution in [1.82, 2.24) is 0 Å². The highest BCUT2D eigenvalue weighted by Gasteiger charge is 2.34. The van der Waals surface area contributed by atoms with Crippen LogP contribution in [-0.2, 0) is 11.4 Å². The molecule has 1 fully saturated rings. The standard InChI is InChI=1S/C24H16BrNO4S2/c25-17-6-8-19(28-13-15-4-2-1-3-5-15)16(10-17)11-22-23(27)26(24(31)32-22)18-7-9-20-21(12-18)30-14-29-20/h1-12H,13-14H2/b22-11-. The van der Waals surface area contributed by atoms with E-state index in [1.165, 1.54) is 16.7 Å². The van der Waals surface area contributed by atoms with E-state index in [4.69, 9.17) is 26.4 Å². The van der Waals surface area contributed by atoms with Crippen LogP contribution in [0.4, 0.5) is 5.69 Å². The van der Waals surface area contributed by atoms with E-state index in [1.54, 1.807) is 18.2 Å². The van der Waals surface area contributed by atoms with Crippen LogP contribution < -0.4 is 19.1 Å². The molecule has 0 radical (unpaired) electrons. The second kappa shape index (κ2) is 8.97. The van der Waals surface area contributed by atoms with Crippen LogP contribution in [0.25, 0.3) is 6.08 Å². The van der Waals surface area contributed by atoms with Gasteiger partial charge in [-0.15, -0.1) is 0 Å². The first kappa shape index (κ1) is 21.1. The maximum absolute atomic E-state index is 13.2. The van der Waals surface area contributed by atoms with Crippen LogP contribution in [0.1, 0.15) is 11.1 Å². The predicted octanol–water partition coefficient (Wildman–Crippen LogP) is 6.16. The average Bonchev–Trinajstić information content (AvgIpc) is 3.37. The van der Waals surface area contributed by atoms with Crippen molar-refractivity contribution in [3.63, 3.8) is 0 Å². The molecule has 32 heavy (non-hydrogen) atoms. The van der Waals surface area contributed by atoms with E-state index in [9.17, 15) is 4.79 Å². The van der Waals surface area contributed by atoms with Crippen LogP contribution >= 0.6 is 39.9 Å². The minimum absolute atomic E-state index is 0.172. The van der Waals surface area contributed by atoms with Gasteiger partial charge in [0.25, 0.3) is 5.91 Å². The third kappa shape index (κ3) is 4.26. The first-order valence-corrected chi connectivity index (χ1v) is 11.7. The summed E-state index contributed by atoms with van der Waals surface area (Å²) in [6.07, 6.45) is 1.82. The van der Waals surface area contributed by atoms with Gasteiger partial charge in [-0.3, -0.25) is 9.69 Å². The number of carbonyl (C=O) groups excluding carboxylic acids is 1. The predicted molar refractivity (Wildman–Crippen MR) is 133 cm³/mol. The van der Waals surface area contributed by atoms with Gasteiger partial charge in [-0.25, -0.2) is 0 Å². The highest BCUT2D eigenvalue weighted by Crippen LogP contribution is 2.41. The van der Waals surface area contributed by atoms with Gasteiger partial charge in [0.15, 0.2) is 15.8 Å². The minimum Gasteiger partial charge on any atom is -0.488 e. The maximum atomic E-state index is 13.2. The molecule has 160 valence electrons. The Morgan fingerprint density at radius 1 is 1.06 bits per heavy atom. The minimum atomic E-state index is -0.187. The number of halogens is 1. The summed E-state index contributed by atoms with van der Waals surface area (Å²) in [5.74, 6) is 1.76. The van der Waals surface area contributed by atoms with E-state index >= 15 is 0 Å². The molecule has 2 heterocycles. The highest BCUT2D eigenvalue weighted by atomic mass is 79.9. The van der Waals surface area contributed by atoms with E-state index in [0.29, 0.717) is 38.8 Å². The van der Waals surface area contributed by atoms with Crippen molar-refractivity contribution in [3.05, 3.63) is 87.2 Å². The summed E-state index contributed by atoms with van der Waals surface area (Å²) in [4.78, 5) is 15.3. The van der Waals surface area contributed by atoms with Crippen molar-refractivity contribution in [1.29, 1.82) is 0 Å².